The lowest BCUT2D eigenvalue weighted by molar-refractivity contribution is -0.138. The molecule has 2 unspecified atom stereocenters. The SMILES string of the molecule is CC(C)(C)OC=O.CNC(=O)c1cc(N(C=O)CCCC23CN2CCO3)cc2c1O[C@H](C)[C@H]2c1cccc(OC)c1. The number of methoxy groups -OCH3 is 1. The van der Waals surface area contributed by atoms with Crippen molar-refractivity contribution >= 4 is 24.5 Å². The second kappa shape index (κ2) is 12.5. The maximum atomic E-state index is 12.8. The first-order valence-corrected chi connectivity index (χ1v) is 14.0. The van der Waals surface area contributed by atoms with Crippen molar-refractivity contribution in [2.75, 3.05) is 45.3 Å². The van der Waals surface area contributed by atoms with Gasteiger partial charge in [0, 0.05) is 43.9 Å². The molecule has 0 spiro atoms. The molecule has 3 heterocycles. The summed E-state index contributed by atoms with van der Waals surface area (Å²) in [5.41, 5.74) is 2.63. The summed E-state index contributed by atoms with van der Waals surface area (Å²) in [7, 11) is 3.24. The van der Waals surface area contributed by atoms with E-state index in [1.54, 1.807) is 25.1 Å². The number of nitrogens with zero attached hydrogens (tertiary/aromatic N) is 2. The van der Waals surface area contributed by atoms with E-state index in [1.165, 1.54) is 0 Å². The molecule has 4 atom stereocenters. The third kappa shape index (κ3) is 6.82. The Morgan fingerprint density at radius 3 is 2.59 bits per heavy atom. The second-order valence-electron chi connectivity index (χ2n) is 11.5. The van der Waals surface area contributed by atoms with Gasteiger partial charge in [0.2, 0.25) is 6.41 Å². The van der Waals surface area contributed by atoms with Gasteiger partial charge in [-0.15, -0.1) is 0 Å². The Bertz CT molecular complexity index is 1260. The molecule has 2 amide bonds. The smallest absolute Gasteiger partial charge is 0.293 e. The molecule has 2 saturated heterocycles. The van der Waals surface area contributed by atoms with Crippen molar-refractivity contribution < 1.29 is 33.3 Å². The molecule has 0 aromatic heterocycles. The first kappa shape index (κ1) is 30.3. The van der Waals surface area contributed by atoms with E-state index >= 15 is 0 Å². The van der Waals surface area contributed by atoms with E-state index in [0.29, 0.717) is 30.0 Å². The van der Waals surface area contributed by atoms with Crippen LogP contribution in [0.4, 0.5) is 5.69 Å². The van der Waals surface area contributed by atoms with Crippen LogP contribution in [0.15, 0.2) is 36.4 Å². The molecule has 0 bridgehead atoms. The van der Waals surface area contributed by atoms with Gasteiger partial charge in [-0.1, -0.05) is 12.1 Å². The van der Waals surface area contributed by atoms with Crippen LogP contribution in [0.2, 0.25) is 0 Å². The highest BCUT2D eigenvalue weighted by atomic mass is 16.5. The Morgan fingerprint density at radius 1 is 1.24 bits per heavy atom. The van der Waals surface area contributed by atoms with Crippen molar-refractivity contribution in [3.63, 3.8) is 0 Å². The molecule has 2 aromatic rings. The molecular formula is C31H41N3O7. The molecule has 10 heteroatoms. The molecule has 0 aliphatic carbocycles. The monoisotopic (exact) mass is 567 g/mol. The Hall–Kier alpha value is -3.63. The van der Waals surface area contributed by atoms with Crippen LogP contribution in [-0.2, 0) is 19.1 Å². The minimum Gasteiger partial charge on any atom is -0.497 e. The number of anilines is 1. The van der Waals surface area contributed by atoms with Crippen molar-refractivity contribution in [1.82, 2.24) is 10.2 Å². The summed E-state index contributed by atoms with van der Waals surface area (Å²) < 4.78 is 22.1. The van der Waals surface area contributed by atoms with Crippen LogP contribution in [0, 0.1) is 0 Å². The van der Waals surface area contributed by atoms with Gasteiger partial charge in [-0.05, 0) is 70.4 Å². The van der Waals surface area contributed by atoms with Gasteiger partial charge in [-0.25, -0.2) is 0 Å². The molecule has 5 rings (SSSR count). The zero-order valence-electron chi connectivity index (χ0n) is 24.8. The van der Waals surface area contributed by atoms with E-state index < -0.39 is 0 Å². The van der Waals surface area contributed by atoms with Crippen molar-refractivity contribution in [3.8, 4) is 11.5 Å². The predicted molar refractivity (Wildman–Crippen MR) is 155 cm³/mol. The third-order valence-corrected chi connectivity index (χ3v) is 7.60. The van der Waals surface area contributed by atoms with Gasteiger partial charge in [-0.2, -0.15) is 0 Å². The zero-order valence-corrected chi connectivity index (χ0v) is 24.8. The van der Waals surface area contributed by atoms with Gasteiger partial charge < -0.3 is 29.2 Å². The maximum absolute atomic E-state index is 12.8. The molecular weight excluding hydrogens is 526 g/mol. The fourth-order valence-corrected chi connectivity index (χ4v) is 5.51. The quantitative estimate of drug-likeness (QED) is 0.342. The fourth-order valence-electron chi connectivity index (χ4n) is 5.51. The maximum Gasteiger partial charge on any atom is 0.293 e. The number of rotatable bonds is 10. The molecule has 41 heavy (non-hydrogen) atoms. The molecule has 222 valence electrons. The van der Waals surface area contributed by atoms with Gasteiger partial charge in [-0.3, -0.25) is 19.3 Å². The van der Waals surface area contributed by atoms with E-state index in [4.69, 9.17) is 14.2 Å². The lowest BCUT2D eigenvalue weighted by Crippen LogP contribution is -2.26. The number of morpholine rings is 1. The summed E-state index contributed by atoms with van der Waals surface area (Å²) in [4.78, 5) is 38.5. The van der Waals surface area contributed by atoms with Crippen LogP contribution in [0.3, 0.4) is 0 Å². The number of benzene rings is 2. The van der Waals surface area contributed by atoms with Crippen molar-refractivity contribution in [3.05, 3.63) is 53.1 Å². The minimum absolute atomic E-state index is 0.0900. The Morgan fingerprint density at radius 2 is 2.02 bits per heavy atom. The number of amides is 2. The summed E-state index contributed by atoms with van der Waals surface area (Å²) in [5, 5.41) is 2.71. The highest BCUT2D eigenvalue weighted by Gasteiger charge is 2.56. The Kier molecular flexibility index (Phi) is 9.24. The number of nitrogens with one attached hydrogen (secondary N) is 1. The fraction of sp³-hybridized carbons (Fsp3) is 0.516. The van der Waals surface area contributed by atoms with Crippen molar-refractivity contribution in [2.45, 2.75) is 63.9 Å². The molecule has 1 N–H and O–H groups in total. The number of ether oxygens (including phenoxy) is 4. The Labute approximate surface area is 241 Å². The predicted octanol–water partition coefficient (Wildman–Crippen LogP) is 3.71. The largest absolute Gasteiger partial charge is 0.497 e. The van der Waals surface area contributed by atoms with Crippen LogP contribution < -0.4 is 19.7 Å². The molecule has 0 radical (unpaired) electrons. The van der Waals surface area contributed by atoms with Gasteiger partial charge in [0.1, 0.15) is 28.9 Å². The Balaban J connectivity index is 0.000000493. The molecule has 10 nitrogen and oxygen atoms in total. The van der Waals surface area contributed by atoms with Crippen LogP contribution in [0.1, 0.15) is 67.9 Å². The van der Waals surface area contributed by atoms with Gasteiger partial charge >= 0.3 is 0 Å². The van der Waals surface area contributed by atoms with E-state index in [2.05, 4.69) is 15.0 Å². The summed E-state index contributed by atoms with van der Waals surface area (Å²) in [6.45, 7) is 11.2. The highest BCUT2D eigenvalue weighted by Crippen LogP contribution is 2.47. The van der Waals surface area contributed by atoms with Gasteiger partial charge in [0.25, 0.3) is 12.4 Å². The summed E-state index contributed by atoms with van der Waals surface area (Å²) in [5.74, 6) is 1.00. The normalized spacial score (nSPS) is 23.6. The number of hydrogen-bond donors (Lipinski definition) is 1. The highest BCUT2D eigenvalue weighted by molar-refractivity contribution is 5.99. The van der Waals surface area contributed by atoms with E-state index in [1.807, 2.05) is 58.0 Å². The van der Waals surface area contributed by atoms with Crippen molar-refractivity contribution in [2.24, 2.45) is 0 Å². The van der Waals surface area contributed by atoms with E-state index in [-0.39, 0.29) is 29.3 Å². The van der Waals surface area contributed by atoms with Gasteiger partial charge in [0.15, 0.2) is 0 Å². The third-order valence-electron chi connectivity index (χ3n) is 7.60. The summed E-state index contributed by atoms with van der Waals surface area (Å²) in [6.07, 6.45) is 2.36. The number of hydrogen-bond acceptors (Lipinski definition) is 8. The summed E-state index contributed by atoms with van der Waals surface area (Å²) in [6, 6.07) is 11.6. The van der Waals surface area contributed by atoms with E-state index in [9.17, 15) is 14.4 Å². The molecule has 2 aromatic carbocycles. The zero-order chi connectivity index (χ0) is 29.8. The topological polar surface area (TPSA) is 106 Å². The standard InChI is InChI=1S/C26H31N3O5.C5H10O2/c1-17-23(18-6-4-7-20(12-18)32-3)21-13-19(14-22(24(21)34-17)25(31)27-2)28(16-30)9-5-8-26-15-29(26)10-11-33-26;1-5(2,3)7-4-6/h4,6-7,12-14,16-17,23H,5,8-11,15H2,1-3H3,(H,27,31);4H,1-3H3/t17-,23+,26?,29?;/m1./s1. The molecule has 3 aliphatic rings. The average Bonchev–Trinajstić information content (AvgIpc) is 3.29. The van der Waals surface area contributed by atoms with Crippen LogP contribution in [-0.4, -0.2) is 81.5 Å². The summed E-state index contributed by atoms with van der Waals surface area (Å²) >= 11 is 0. The lowest BCUT2D eigenvalue weighted by Gasteiger charge is -2.21. The number of fused-ring (bicyclic) bond motifs is 2. The van der Waals surface area contributed by atoms with Crippen LogP contribution in [0.5, 0.6) is 11.5 Å². The van der Waals surface area contributed by atoms with Gasteiger partial charge in [0.05, 0.1) is 19.3 Å². The first-order chi connectivity index (χ1) is 19.6. The first-order valence-electron chi connectivity index (χ1n) is 14.0. The second-order valence-corrected chi connectivity index (χ2v) is 11.5. The lowest BCUT2D eigenvalue weighted by atomic mass is 9.87. The average molecular weight is 568 g/mol. The molecule has 3 aliphatic heterocycles. The minimum atomic E-state index is -0.318. The number of carbonyl (C=O) groups excluding carboxylic acids is 3. The van der Waals surface area contributed by atoms with Crippen LogP contribution in [0.25, 0.3) is 0 Å². The van der Waals surface area contributed by atoms with Crippen molar-refractivity contribution in [1.29, 1.82) is 0 Å². The molecule has 2 fully saturated rings. The molecule has 0 saturated carbocycles. The van der Waals surface area contributed by atoms with E-state index in [0.717, 1.165) is 55.8 Å². The number of carbonyl (C=O) groups is 3. The van der Waals surface area contributed by atoms with Crippen LogP contribution >= 0.6 is 0 Å².